The highest BCUT2D eigenvalue weighted by atomic mass is 15.5. The van der Waals surface area contributed by atoms with E-state index in [0.717, 1.165) is 45.3 Å². The molecule has 0 radical (unpaired) electrons. The summed E-state index contributed by atoms with van der Waals surface area (Å²) in [6, 6.07) is 62.4. The van der Waals surface area contributed by atoms with E-state index in [4.69, 9.17) is 10.1 Å². The Morgan fingerprint density at radius 2 is 0.849 bits per heavy atom. The van der Waals surface area contributed by atoms with Crippen LogP contribution in [0.25, 0.3) is 66.4 Å². The number of hydrogen-bond donors (Lipinski definition) is 1. The van der Waals surface area contributed by atoms with Crippen molar-refractivity contribution in [3.63, 3.8) is 0 Å². The van der Waals surface area contributed by atoms with Gasteiger partial charge in [-0.1, -0.05) is 115 Å². The van der Waals surface area contributed by atoms with Crippen LogP contribution in [0.1, 0.15) is 11.1 Å². The zero-order valence-electron chi connectivity index (χ0n) is 28.6. The summed E-state index contributed by atoms with van der Waals surface area (Å²) < 4.78 is 4.70. The smallest absolute Gasteiger partial charge is 0.166 e. The number of rotatable bonds is 5. The second-order valence-electron chi connectivity index (χ2n) is 13.6. The number of fused-ring (bicyclic) bond motifs is 7. The molecule has 6 heteroatoms. The van der Waals surface area contributed by atoms with Crippen LogP contribution in [0.3, 0.4) is 0 Å². The van der Waals surface area contributed by atoms with Crippen LogP contribution in [0.5, 0.6) is 0 Å². The first kappa shape index (κ1) is 29.5. The van der Waals surface area contributed by atoms with Gasteiger partial charge in [0.15, 0.2) is 6.17 Å². The molecule has 0 spiro atoms. The number of hydrazone groups is 1. The van der Waals surface area contributed by atoms with Gasteiger partial charge in [0.2, 0.25) is 0 Å². The average molecular weight is 681 g/mol. The zero-order valence-corrected chi connectivity index (χ0v) is 28.6. The third-order valence-corrected chi connectivity index (χ3v) is 10.6. The number of anilines is 1. The maximum Gasteiger partial charge on any atom is 0.166 e. The first-order chi connectivity index (χ1) is 26.3. The summed E-state index contributed by atoms with van der Waals surface area (Å²) in [7, 11) is 0. The van der Waals surface area contributed by atoms with Gasteiger partial charge in [-0.2, -0.15) is 5.10 Å². The Morgan fingerprint density at radius 1 is 0.415 bits per heavy atom. The van der Waals surface area contributed by atoms with Gasteiger partial charge in [0, 0.05) is 44.0 Å². The molecule has 11 rings (SSSR count). The van der Waals surface area contributed by atoms with Crippen molar-refractivity contribution in [2.24, 2.45) is 10.1 Å². The number of benzene rings is 7. The average Bonchev–Trinajstić information content (AvgIpc) is 3.91. The summed E-state index contributed by atoms with van der Waals surface area (Å²) in [6.45, 7) is 0. The molecule has 53 heavy (non-hydrogen) atoms. The molecule has 1 unspecified atom stereocenters. The fraction of sp³-hybridized carbons (Fsp3) is 0.0213. The number of nitrogens with zero attached hydrogens (tertiary/aromatic N) is 5. The summed E-state index contributed by atoms with van der Waals surface area (Å²) in [4.78, 5) is 5.32. The van der Waals surface area contributed by atoms with Crippen molar-refractivity contribution in [2.75, 3.05) is 5.01 Å². The van der Waals surface area contributed by atoms with E-state index in [9.17, 15) is 0 Å². The molecule has 0 saturated carbocycles. The van der Waals surface area contributed by atoms with Crippen molar-refractivity contribution >= 4 is 72.6 Å². The molecular formula is C47H32N6. The third kappa shape index (κ3) is 4.59. The Kier molecular flexibility index (Phi) is 6.51. The van der Waals surface area contributed by atoms with Gasteiger partial charge in [0.05, 0.1) is 45.4 Å². The highest BCUT2D eigenvalue weighted by molar-refractivity contribution is 6.37. The van der Waals surface area contributed by atoms with E-state index in [1.54, 1.807) is 0 Å². The van der Waals surface area contributed by atoms with Gasteiger partial charge in [-0.25, -0.2) is 10.0 Å². The lowest BCUT2D eigenvalue weighted by Crippen LogP contribution is -2.46. The minimum Gasteiger partial charge on any atom is -0.356 e. The predicted octanol–water partition coefficient (Wildman–Crippen LogP) is 10.6. The summed E-state index contributed by atoms with van der Waals surface area (Å²) in [5.41, 5.74) is 12.8. The predicted molar refractivity (Wildman–Crippen MR) is 220 cm³/mol. The van der Waals surface area contributed by atoms with Crippen molar-refractivity contribution in [1.29, 1.82) is 0 Å². The summed E-state index contributed by atoms with van der Waals surface area (Å²) in [5.74, 6) is 0. The first-order valence-corrected chi connectivity index (χ1v) is 18.0. The minimum absolute atomic E-state index is 0.231. The lowest BCUT2D eigenvalue weighted by Gasteiger charge is -2.31. The van der Waals surface area contributed by atoms with Crippen LogP contribution in [-0.4, -0.2) is 27.2 Å². The van der Waals surface area contributed by atoms with E-state index in [1.807, 2.05) is 29.4 Å². The molecule has 250 valence electrons. The highest BCUT2D eigenvalue weighted by Gasteiger charge is 2.34. The molecule has 0 amide bonds. The summed E-state index contributed by atoms with van der Waals surface area (Å²) in [5, 5.41) is 15.7. The number of hydrogen-bond acceptors (Lipinski definition) is 4. The second-order valence-corrected chi connectivity index (χ2v) is 13.6. The summed E-state index contributed by atoms with van der Waals surface area (Å²) in [6.07, 6.45) is 1.64. The summed E-state index contributed by atoms with van der Waals surface area (Å²) >= 11 is 0. The molecule has 0 saturated heterocycles. The third-order valence-electron chi connectivity index (χ3n) is 10.6. The van der Waals surface area contributed by atoms with E-state index >= 15 is 0 Å². The van der Waals surface area contributed by atoms with Crippen molar-refractivity contribution in [3.05, 3.63) is 187 Å². The topological polar surface area (TPSA) is 49.9 Å². The van der Waals surface area contributed by atoms with E-state index in [2.05, 4.69) is 172 Å². The van der Waals surface area contributed by atoms with Crippen molar-refractivity contribution in [3.8, 4) is 11.4 Å². The lowest BCUT2D eigenvalue weighted by atomic mass is 10.0. The van der Waals surface area contributed by atoms with Gasteiger partial charge in [0.1, 0.15) is 5.71 Å². The molecule has 2 aromatic heterocycles. The van der Waals surface area contributed by atoms with Crippen LogP contribution in [0.15, 0.2) is 186 Å². The number of aromatic nitrogens is 2. The van der Waals surface area contributed by atoms with Gasteiger partial charge >= 0.3 is 0 Å². The standard InChI is InChI=1S/C47H32N6/c1-2-12-35(13-3-1)53-47-40(30-48-53)49-45(31-22-26-33(27-23-31)51-41-18-8-4-14-36(41)37-15-5-9-19-42(37)51)46(50-47)32-24-28-34(29-25-32)52-43-20-10-6-16-38(43)39-17-7-11-21-44(39)52/h1-30,47,50H. The zero-order chi connectivity index (χ0) is 34.9. The molecule has 2 aliphatic rings. The van der Waals surface area contributed by atoms with Gasteiger partial charge < -0.3 is 14.5 Å². The maximum atomic E-state index is 5.32. The molecule has 9 aromatic rings. The van der Waals surface area contributed by atoms with Crippen molar-refractivity contribution in [2.45, 2.75) is 6.17 Å². The molecule has 1 atom stereocenters. The van der Waals surface area contributed by atoms with Crippen molar-refractivity contribution < 1.29 is 0 Å². The van der Waals surface area contributed by atoms with Crippen LogP contribution in [0.2, 0.25) is 0 Å². The largest absolute Gasteiger partial charge is 0.356 e. The Balaban J connectivity index is 1.04. The highest BCUT2D eigenvalue weighted by Crippen LogP contribution is 2.37. The van der Waals surface area contributed by atoms with Crippen LogP contribution in [-0.2, 0) is 0 Å². The van der Waals surface area contributed by atoms with Gasteiger partial charge in [-0.05, 0) is 60.7 Å². The second kappa shape index (κ2) is 11.7. The molecule has 0 bridgehead atoms. The molecule has 1 N–H and O–H groups in total. The number of aliphatic imine (C=N–C) groups is 1. The Morgan fingerprint density at radius 3 is 1.34 bits per heavy atom. The molecular weight excluding hydrogens is 649 g/mol. The fourth-order valence-electron chi connectivity index (χ4n) is 8.17. The van der Waals surface area contributed by atoms with Crippen LogP contribution < -0.4 is 10.3 Å². The SMILES string of the molecule is C1=NN(c2ccccc2)C2NC(c3ccc(-n4c5ccccc5c5ccccc54)cc3)=C(c3ccc(-n4c5ccccc5c5ccccc54)cc3)N=C12. The Labute approximate surface area is 305 Å². The van der Waals surface area contributed by atoms with E-state index in [-0.39, 0.29) is 6.17 Å². The monoisotopic (exact) mass is 680 g/mol. The van der Waals surface area contributed by atoms with Crippen LogP contribution in [0.4, 0.5) is 5.69 Å². The van der Waals surface area contributed by atoms with Gasteiger partial charge in [-0.15, -0.1) is 0 Å². The van der Waals surface area contributed by atoms with Gasteiger partial charge in [0.25, 0.3) is 0 Å². The van der Waals surface area contributed by atoms with E-state index in [0.29, 0.717) is 0 Å². The fourth-order valence-corrected chi connectivity index (χ4v) is 8.17. The molecule has 6 nitrogen and oxygen atoms in total. The first-order valence-electron chi connectivity index (χ1n) is 18.0. The van der Waals surface area contributed by atoms with Crippen LogP contribution in [0, 0.1) is 0 Å². The Hall–Kier alpha value is -7.18. The number of nitrogens with one attached hydrogen (secondary N) is 1. The van der Waals surface area contributed by atoms with E-state index in [1.165, 1.54) is 43.6 Å². The number of para-hydroxylation sites is 5. The molecule has 0 fully saturated rings. The molecule has 4 heterocycles. The van der Waals surface area contributed by atoms with E-state index < -0.39 is 0 Å². The molecule has 7 aromatic carbocycles. The van der Waals surface area contributed by atoms with Crippen molar-refractivity contribution in [1.82, 2.24) is 14.5 Å². The lowest BCUT2D eigenvalue weighted by molar-refractivity contribution is 0.711. The normalized spacial score (nSPS) is 15.4. The molecule has 2 aliphatic heterocycles. The Bertz CT molecular complexity index is 2860. The maximum absolute atomic E-state index is 5.32. The quantitative estimate of drug-likeness (QED) is 0.197. The van der Waals surface area contributed by atoms with Crippen LogP contribution >= 0.6 is 0 Å². The minimum atomic E-state index is -0.231. The molecule has 0 aliphatic carbocycles. The van der Waals surface area contributed by atoms with Gasteiger partial charge in [-0.3, -0.25) is 0 Å².